The van der Waals surface area contributed by atoms with Crippen LogP contribution in [0, 0.1) is 26.2 Å². The average molecular weight is 278 g/mol. The van der Waals surface area contributed by atoms with Gasteiger partial charge in [-0.2, -0.15) is 0 Å². The number of hydrogen-bond acceptors (Lipinski definition) is 2. The van der Waals surface area contributed by atoms with E-state index in [1.54, 1.807) is 0 Å². The molecule has 0 bridgehead atoms. The first-order valence-electron chi connectivity index (χ1n) is 6.76. The standard InChI is InChI=1S/C18H18N2O/c1-4-15-6-5-7-16(11-15)19-12-18(21)20-17-9-8-13(2)10-14(17)3/h1,5-11,19H,12H2,2-3H3,(H,20,21). The highest BCUT2D eigenvalue weighted by Gasteiger charge is 2.05. The molecule has 2 aromatic rings. The highest BCUT2D eigenvalue weighted by atomic mass is 16.1. The molecule has 2 N–H and O–H groups in total. The number of aryl methyl sites for hydroxylation is 2. The minimum Gasteiger partial charge on any atom is -0.376 e. The monoisotopic (exact) mass is 278 g/mol. The number of amides is 1. The second-order valence-corrected chi connectivity index (χ2v) is 4.95. The summed E-state index contributed by atoms with van der Waals surface area (Å²) in [5, 5.41) is 5.96. The molecule has 3 nitrogen and oxygen atoms in total. The van der Waals surface area contributed by atoms with Gasteiger partial charge < -0.3 is 10.6 Å². The van der Waals surface area contributed by atoms with Gasteiger partial charge in [0, 0.05) is 16.9 Å². The Morgan fingerprint density at radius 3 is 2.71 bits per heavy atom. The van der Waals surface area contributed by atoms with Crippen LogP contribution < -0.4 is 10.6 Å². The lowest BCUT2D eigenvalue weighted by Gasteiger charge is -2.10. The van der Waals surface area contributed by atoms with Crippen molar-refractivity contribution in [1.29, 1.82) is 0 Å². The van der Waals surface area contributed by atoms with Crippen molar-refractivity contribution in [3.8, 4) is 12.3 Å². The number of rotatable bonds is 4. The number of carbonyl (C=O) groups is 1. The molecule has 2 aromatic carbocycles. The van der Waals surface area contributed by atoms with Gasteiger partial charge in [0.2, 0.25) is 5.91 Å². The third kappa shape index (κ3) is 4.12. The van der Waals surface area contributed by atoms with Crippen molar-refractivity contribution in [3.63, 3.8) is 0 Å². The largest absolute Gasteiger partial charge is 0.376 e. The van der Waals surface area contributed by atoms with Gasteiger partial charge in [0.25, 0.3) is 0 Å². The molecule has 0 unspecified atom stereocenters. The highest BCUT2D eigenvalue weighted by molar-refractivity contribution is 5.94. The lowest BCUT2D eigenvalue weighted by atomic mass is 10.1. The lowest BCUT2D eigenvalue weighted by Crippen LogP contribution is -2.22. The minimum absolute atomic E-state index is 0.0898. The Kier molecular flexibility index (Phi) is 4.63. The second kappa shape index (κ2) is 6.62. The third-order valence-corrected chi connectivity index (χ3v) is 3.14. The van der Waals surface area contributed by atoms with Gasteiger partial charge in [-0.05, 0) is 43.7 Å². The molecular formula is C18H18N2O. The number of terminal acetylenes is 1. The molecule has 3 heteroatoms. The quantitative estimate of drug-likeness (QED) is 0.842. The Balaban J connectivity index is 1.94. The Bertz CT molecular complexity index is 699. The van der Waals surface area contributed by atoms with E-state index in [1.165, 1.54) is 5.56 Å². The Morgan fingerprint density at radius 1 is 1.19 bits per heavy atom. The molecule has 0 saturated heterocycles. The molecule has 0 radical (unpaired) electrons. The molecule has 0 spiro atoms. The molecule has 0 fully saturated rings. The van der Waals surface area contributed by atoms with E-state index in [9.17, 15) is 4.79 Å². The molecule has 0 aliphatic carbocycles. The van der Waals surface area contributed by atoms with Crippen molar-refractivity contribution >= 4 is 17.3 Å². The van der Waals surface area contributed by atoms with E-state index in [0.29, 0.717) is 0 Å². The van der Waals surface area contributed by atoms with Crippen LogP contribution in [0.5, 0.6) is 0 Å². The van der Waals surface area contributed by atoms with Crippen molar-refractivity contribution < 1.29 is 4.79 Å². The fourth-order valence-corrected chi connectivity index (χ4v) is 2.05. The van der Waals surface area contributed by atoms with Crippen molar-refractivity contribution in [2.75, 3.05) is 17.2 Å². The zero-order valence-corrected chi connectivity index (χ0v) is 12.2. The molecule has 1 amide bonds. The van der Waals surface area contributed by atoms with E-state index in [2.05, 4.69) is 16.6 Å². The molecule has 0 saturated carbocycles. The summed E-state index contributed by atoms with van der Waals surface area (Å²) in [6.45, 7) is 4.20. The number of anilines is 2. The molecule has 0 aliphatic heterocycles. The van der Waals surface area contributed by atoms with Crippen LogP contribution in [0.15, 0.2) is 42.5 Å². The first kappa shape index (κ1) is 14.7. The van der Waals surface area contributed by atoms with Gasteiger partial charge in [0.15, 0.2) is 0 Å². The summed E-state index contributed by atoms with van der Waals surface area (Å²) >= 11 is 0. The minimum atomic E-state index is -0.0898. The van der Waals surface area contributed by atoms with Crippen molar-refractivity contribution in [2.24, 2.45) is 0 Å². The molecule has 21 heavy (non-hydrogen) atoms. The van der Waals surface area contributed by atoms with Crippen LogP contribution in [0.4, 0.5) is 11.4 Å². The van der Waals surface area contributed by atoms with Crippen LogP contribution >= 0.6 is 0 Å². The topological polar surface area (TPSA) is 41.1 Å². The molecule has 0 aliphatic rings. The van der Waals surface area contributed by atoms with Crippen molar-refractivity contribution in [2.45, 2.75) is 13.8 Å². The van der Waals surface area contributed by atoms with E-state index in [0.717, 1.165) is 22.5 Å². The average Bonchev–Trinajstić information content (AvgIpc) is 2.48. The van der Waals surface area contributed by atoms with Gasteiger partial charge in [0.05, 0.1) is 6.54 Å². The molecular weight excluding hydrogens is 260 g/mol. The van der Waals surface area contributed by atoms with E-state index >= 15 is 0 Å². The van der Waals surface area contributed by atoms with Crippen LogP contribution in [0.2, 0.25) is 0 Å². The van der Waals surface area contributed by atoms with Gasteiger partial charge in [-0.15, -0.1) is 6.42 Å². The Hall–Kier alpha value is -2.73. The van der Waals surface area contributed by atoms with Gasteiger partial charge in [-0.3, -0.25) is 4.79 Å². The van der Waals surface area contributed by atoms with Crippen molar-refractivity contribution in [3.05, 3.63) is 59.2 Å². The first-order chi connectivity index (χ1) is 10.1. The maximum atomic E-state index is 12.0. The number of nitrogens with one attached hydrogen (secondary N) is 2. The number of carbonyl (C=O) groups excluding carboxylic acids is 1. The summed E-state index contributed by atoms with van der Waals surface area (Å²) in [4.78, 5) is 12.0. The summed E-state index contributed by atoms with van der Waals surface area (Å²) in [6.07, 6.45) is 5.35. The van der Waals surface area contributed by atoms with E-state index in [1.807, 2.05) is 56.3 Å². The second-order valence-electron chi connectivity index (χ2n) is 4.95. The zero-order chi connectivity index (χ0) is 15.2. The summed E-state index contributed by atoms with van der Waals surface area (Å²) in [5.74, 6) is 2.48. The fraction of sp³-hybridized carbons (Fsp3) is 0.167. The van der Waals surface area contributed by atoms with Crippen LogP contribution in [0.1, 0.15) is 16.7 Å². The smallest absolute Gasteiger partial charge is 0.243 e. The van der Waals surface area contributed by atoms with Crippen LogP contribution in [-0.4, -0.2) is 12.5 Å². The summed E-state index contributed by atoms with van der Waals surface area (Å²) in [5.41, 5.74) is 4.69. The maximum absolute atomic E-state index is 12.0. The van der Waals surface area contributed by atoms with Gasteiger partial charge >= 0.3 is 0 Å². The van der Waals surface area contributed by atoms with Gasteiger partial charge in [-0.25, -0.2) is 0 Å². The third-order valence-electron chi connectivity index (χ3n) is 3.14. The molecule has 2 rings (SSSR count). The van der Waals surface area contributed by atoms with Crippen LogP contribution in [-0.2, 0) is 4.79 Å². The lowest BCUT2D eigenvalue weighted by molar-refractivity contribution is -0.114. The normalized spacial score (nSPS) is 9.76. The predicted molar refractivity (Wildman–Crippen MR) is 87.4 cm³/mol. The Labute approximate surface area is 125 Å². The SMILES string of the molecule is C#Cc1cccc(NCC(=O)Nc2ccc(C)cc2C)c1. The summed E-state index contributed by atoms with van der Waals surface area (Å²) in [6, 6.07) is 13.4. The zero-order valence-electron chi connectivity index (χ0n) is 12.2. The van der Waals surface area contributed by atoms with E-state index in [4.69, 9.17) is 6.42 Å². The van der Waals surface area contributed by atoms with Crippen molar-refractivity contribution in [1.82, 2.24) is 0 Å². The maximum Gasteiger partial charge on any atom is 0.243 e. The molecule has 0 aromatic heterocycles. The van der Waals surface area contributed by atoms with E-state index in [-0.39, 0.29) is 12.5 Å². The molecule has 106 valence electrons. The van der Waals surface area contributed by atoms with Gasteiger partial charge in [0.1, 0.15) is 0 Å². The molecule has 0 atom stereocenters. The van der Waals surface area contributed by atoms with Crippen LogP contribution in [0.25, 0.3) is 0 Å². The molecule has 0 heterocycles. The summed E-state index contributed by atoms with van der Waals surface area (Å²) < 4.78 is 0. The first-order valence-corrected chi connectivity index (χ1v) is 6.76. The van der Waals surface area contributed by atoms with Crippen LogP contribution in [0.3, 0.4) is 0 Å². The number of hydrogen-bond donors (Lipinski definition) is 2. The van der Waals surface area contributed by atoms with Gasteiger partial charge in [-0.1, -0.05) is 29.7 Å². The highest BCUT2D eigenvalue weighted by Crippen LogP contribution is 2.16. The number of benzene rings is 2. The Morgan fingerprint density at radius 2 is 2.00 bits per heavy atom. The predicted octanol–water partition coefficient (Wildman–Crippen LogP) is 3.34. The van der Waals surface area contributed by atoms with E-state index < -0.39 is 0 Å². The fourth-order valence-electron chi connectivity index (χ4n) is 2.05. The summed E-state index contributed by atoms with van der Waals surface area (Å²) in [7, 11) is 0.